The van der Waals surface area contributed by atoms with Gasteiger partial charge in [-0.3, -0.25) is 0 Å². The van der Waals surface area contributed by atoms with Gasteiger partial charge in [0.1, 0.15) is 17.2 Å². The van der Waals surface area contributed by atoms with Gasteiger partial charge in [0.25, 0.3) is 0 Å². The molecule has 0 amide bonds. The van der Waals surface area contributed by atoms with Crippen LogP contribution in [0.3, 0.4) is 0 Å². The standard InChI is InChI=1S/C10H14O2.C6H6O/c1-2-3-4-8-7-9(11)5-6-10(8)12;7-6-4-2-1-3-5-6/h5-7,11-12H,2-4H2,1H3;1-5,7H. The minimum absolute atomic E-state index is 0.221. The number of benzene rings is 2. The first-order valence-electron chi connectivity index (χ1n) is 6.38. The van der Waals surface area contributed by atoms with Crippen LogP contribution in [0, 0.1) is 0 Å². The average Bonchev–Trinajstić information content (AvgIpc) is 2.41. The van der Waals surface area contributed by atoms with Crippen molar-refractivity contribution < 1.29 is 15.3 Å². The van der Waals surface area contributed by atoms with Gasteiger partial charge < -0.3 is 15.3 Å². The molecule has 3 N–H and O–H groups in total. The molecule has 0 spiro atoms. The van der Waals surface area contributed by atoms with Crippen LogP contribution in [-0.4, -0.2) is 15.3 Å². The molecule has 0 bridgehead atoms. The Balaban J connectivity index is 0.000000218. The first-order valence-corrected chi connectivity index (χ1v) is 6.38. The van der Waals surface area contributed by atoms with Gasteiger partial charge in [-0.2, -0.15) is 0 Å². The van der Waals surface area contributed by atoms with Crippen LogP contribution in [0.1, 0.15) is 25.3 Å². The molecule has 0 aliphatic carbocycles. The second kappa shape index (κ2) is 8.03. The Morgan fingerprint density at radius 3 is 2.05 bits per heavy atom. The van der Waals surface area contributed by atoms with E-state index in [0.717, 1.165) is 24.8 Å². The number of hydrogen-bond donors (Lipinski definition) is 3. The summed E-state index contributed by atoms with van der Waals surface area (Å²) in [6, 6.07) is 13.3. The van der Waals surface area contributed by atoms with E-state index in [-0.39, 0.29) is 11.5 Å². The minimum atomic E-state index is 0.221. The van der Waals surface area contributed by atoms with Crippen molar-refractivity contribution in [2.75, 3.05) is 0 Å². The molecule has 19 heavy (non-hydrogen) atoms. The number of aromatic hydroxyl groups is 3. The Morgan fingerprint density at radius 1 is 0.842 bits per heavy atom. The van der Waals surface area contributed by atoms with E-state index >= 15 is 0 Å². The molecule has 0 heterocycles. The summed E-state index contributed by atoms with van der Waals surface area (Å²) in [4.78, 5) is 0. The summed E-state index contributed by atoms with van der Waals surface area (Å²) in [7, 11) is 0. The Morgan fingerprint density at radius 2 is 1.53 bits per heavy atom. The third-order valence-electron chi connectivity index (χ3n) is 2.62. The second-order valence-electron chi connectivity index (χ2n) is 4.25. The van der Waals surface area contributed by atoms with E-state index in [1.807, 2.05) is 6.07 Å². The van der Waals surface area contributed by atoms with E-state index in [1.165, 1.54) is 12.1 Å². The maximum absolute atomic E-state index is 9.35. The van der Waals surface area contributed by atoms with Gasteiger partial charge in [-0.05, 0) is 48.7 Å². The molecule has 3 heteroatoms. The maximum Gasteiger partial charge on any atom is 0.119 e. The van der Waals surface area contributed by atoms with Crippen LogP contribution in [-0.2, 0) is 6.42 Å². The zero-order valence-electron chi connectivity index (χ0n) is 11.1. The molecule has 0 saturated carbocycles. The lowest BCUT2D eigenvalue weighted by Crippen LogP contribution is -1.84. The molecule has 2 aromatic rings. The van der Waals surface area contributed by atoms with Gasteiger partial charge in [0, 0.05) is 0 Å². The van der Waals surface area contributed by atoms with E-state index in [4.69, 9.17) is 10.2 Å². The van der Waals surface area contributed by atoms with Gasteiger partial charge in [0.15, 0.2) is 0 Å². The molecule has 0 radical (unpaired) electrons. The number of aryl methyl sites for hydroxylation is 1. The van der Waals surface area contributed by atoms with Crippen molar-refractivity contribution in [2.45, 2.75) is 26.2 Å². The third kappa shape index (κ3) is 5.82. The van der Waals surface area contributed by atoms with Gasteiger partial charge in [0.05, 0.1) is 0 Å². The van der Waals surface area contributed by atoms with E-state index in [0.29, 0.717) is 5.75 Å². The number of phenols is 3. The van der Waals surface area contributed by atoms with Gasteiger partial charge >= 0.3 is 0 Å². The van der Waals surface area contributed by atoms with Crippen LogP contribution in [0.5, 0.6) is 17.2 Å². The lowest BCUT2D eigenvalue weighted by molar-refractivity contribution is 0.453. The highest BCUT2D eigenvalue weighted by Gasteiger charge is 2.00. The van der Waals surface area contributed by atoms with Crippen LogP contribution < -0.4 is 0 Å². The number of phenolic OH excluding ortho intramolecular Hbond substituents is 3. The third-order valence-corrected chi connectivity index (χ3v) is 2.62. The number of para-hydroxylation sites is 1. The Kier molecular flexibility index (Phi) is 6.30. The Labute approximate surface area is 113 Å². The maximum atomic E-state index is 9.35. The van der Waals surface area contributed by atoms with Gasteiger partial charge in [-0.25, -0.2) is 0 Å². The van der Waals surface area contributed by atoms with Crippen molar-refractivity contribution in [1.82, 2.24) is 0 Å². The molecule has 102 valence electrons. The summed E-state index contributed by atoms with van der Waals surface area (Å²) in [5.74, 6) is 0.822. The highest BCUT2D eigenvalue weighted by Crippen LogP contribution is 2.23. The predicted molar refractivity (Wildman–Crippen MR) is 76.5 cm³/mol. The number of hydrogen-bond acceptors (Lipinski definition) is 3. The average molecular weight is 260 g/mol. The first-order chi connectivity index (χ1) is 9.13. The van der Waals surface area contributed by atoms with E-state index < -0.39 is 0 Å². The summed E-state index contributed by atoms with van der Waals surface area (Å²) >= 11 is 0. The molecular weight excluding hydrogens is 240 g/mol. The zero-order chi connectivity index (χ0) is 14.1. The number of unbranched alkanes of at least 4 members (excludes halogenated alkanes) is 1. The van der Waals surface area contributed by atoms with Crippen LogP contribution in [0.4, 0.5) is 0 Å². The molecule has 0 saturated heterocycles. The van der Waals surface area contributed by atoms with Crippen LogP contribution in [0.25, 0.3) is 0 Å². The van der Waals surface area contributed by atoms with E-state index in [9.17, 15) is 5.11 Å². The van der Waals surface area contributed by atoms with Gasteiger partial charge in [-0.15, -0.1) is 0 Å². The SMILES string of the molecule is CCCCc1cc(O)ccc1O.Oc1ccccc1. The summed E-state index contributed by atoms with van der Waals surface area (Å²) in [5, 5.41) is 27.1. The van der Waals surface area contributed by atoms with E-state index in [1.54, 1.807) is 30.3 Å². The number of rotatable bonds is 3. The summed E-state index contributed by atoms with van der Waals surface area (Å²) < 4.78 is 0. The summed E-state index contributed by atoms with van der Waals surface area (Å²) in [5.41, 5.74) is 0.830. The fraction of sp³-hybridized carbons (Fsp3) is 0.250. The quantitative estimate of drug-likeness (QED) is 0.735. The fourth-order valence-electron chi connectivity index (χ4n) is 1.57. The molecule has 0 fully saturated rings. The van der Waals surface area contributed by atoms with Crippen molar-refractivity contribution >= 4 is 0 Å². The predicted octanol–water partition coefficient (Wildman–Crippen LogP) is 3.83. The summed E-state index contributed by atoms with van der Waals surface area (Å²) in [6.07, 6.45) is 2.96. The second-order valence-corrected chi connectivity index (χ2v) is 4.25. The van der Waals surface area contributed by atoms with Crippen molar-refractivity contribution in [2.24, 2.45) is 0 Å². The minimum Gasteiger partial charge on any atom is -0.508 e. The molecule has 2 rings (SSSR count). The zero-order valence-corrected chi connectivity index (χ0v) is 11.1. The molecule has 3 nitrogen and oxygen atoms in total. The normalized spacial score (nSPS) is 9.53. The monoisotopic (exact) mass is 260 g/mol. The van der Waals surface area contributed by atoms with Gasteiger partial charge in [-0.1, -0.05) is 31.5 Å². The molecule has 2 aromatic carbocycles. The summed E-state index contributed by atoms with van der Waals surface area (Å²) in [6.45, 7) is 2.10. The smallest absolute Gasteiger partial charge is 0.119 e. The van der Waals surface area contributed by atoms with Crippen molar-refractivity contribution in [1.29, 1.82) is 0 Å². The van der Waals surface area contributed by atoms with Crippen LogP contribution >= 0.6 is 0 Å². The van der Waals surface area contributed by atoms with Crippen LogP contribution in [0.2, 0.25) is 0 Å². The van der Waals surface area contributed by atoms with Crippen molar-refractivity contribution in [3.8, 4) is 17.2 Å². The molecular formula is C16H20O3. The van der Waals surface area contributed by atoms with Gasteiger partial charge in [0.2, 0.25) is 0 Å². The van der Waals surface area contributed by atoms with E-state index in [2.05, 4.69) is 6.92 Å². The Bertz CT molecular complexity index is 481. The van der Waals surface area contributed by atoms with Crippen molar-refractivity contribution in [3.63, 3.8) is 0 Å². The lowest BCUT2D eigenvalue weighted by Gasteiger charge is -2.03. The molecule has 0 unspecified atom stereocenters. The topological polar surface area (TPSA) is 60.7 Å². The molecule has 0 aliphatic heterocycles. The lowest BCUT2D eigenvalue weighted by atomic mass is 10.1. The van der Waals surface area contributed by atoms with Crippen LogP contribution in [0.15, 0.2) is 48.5 Å². The highest BCUT2D eigenvalue weighted by atomic mass is 16.3. The Hall–Kier alpha value is -2.16. The molecule has 0 aliphatic rings. The first kappa shape index (κ1) is 14.9. The largest absolute Gasteiger partial charge is 0.508 e. The highest BCUT2D eigenvalue weighted by molar-refractivity contribution is 5.38. The van der Waals surface area contributed by atoms with Crippen molar-refractivity contribution in [3.05, 3.63) is 54.1 Å². The fourth-order valence-corrected chi connectivity index (χ4v) is 1.57. The molecule has 0 aromatic heterocycles. The molecule has 0 atom stereocenters.